The molecule has 2 aromatic rings. The van der Waals surface area contributed by atoms with Gasteiger partial charge in [-0.3, -0.25) is 0 Å². The van der Waals surface area contributed by atoms with E-state index in [0.29, 0.717) is 6.04 Å². The molecule has 2 heterocycles. The number of piperidine rings is 1. The van der Waals surface area contributed by atoms with Crippen molar-refractivity contribution in [1.29, 1.82) is 0 Å². The summed E-state index contributed by atoms with van der Waals surface area (Å²) in [6.45, 7) is 5.35. The molecule has 0 radical (unpaired) electrons. The Kier molecular flexibility index (Phi) is 5.62. The van der Waals surface area contributed by atoms with Crippen LogP contribution in [0.2, 0.25) is 0 Å². The molecule has 1 aromatic carbocycles. The maximum Gasteiger partial charge on any atom is 0.223 e. The quantitative estimate of drug-likeness (QED) is 0.866. The molecule has 0 bridgehead atoms. The Bertz CT molecular complexity index is 629. The lowest BCUT2D eigenvalue weighted by Gasteiger charge is -2.33. The van der Waals surface area contributed by atoms with Crippen LogP contribution in [-0.4, -0.2) is 40.5 Å². The minimum absolute atomic E-state index is 0.440. The third-order valence-electron chi connectivity index (χ3n) is 4.26. The lowest BCUT2D eigenvalue weighted by molar-refractivity contribution is 0.218. The Balaban J connectivity index is 1.50. The summed E-state index contributed by atoms with van der Waals surface area (Å²) in [5.41, 5.74) is 2.40. The highest BCUT2D eigenvalue weighted by Crippen LogP contribution is 2.15. The van der Waals surface area contributed by atoms with Crippen molar-refractivity contribution in [2.45, 2.75) is 32.2 Å². The Hall–Kier alpha value is -1.46. The van der Waals surface area contributed by atoms with Crippen LogP contribution in [0.3, 0.4) is 0 Å². The summed E-state index contributed by atoms with van der Waals surface area (Å²) in [6.07, 6.45) is 5.33. The largest absolute Gasteiger partial charge is 0.350 e. The summed E-state index contributed by atoms with van der Waals surface area (Å²) in [5.74, 6) is 0.754. The summed E-state index contributed by atoms with van der Waals surface area (Å²) in [6, 6.07) is 11.0. The molecule has 1 unspecified atom stereocenters. The zero-order valence-electron chi connectivity index (χ0n) is 13.5. The van der Waals surface area contributed by atoms with Crippen LogP contribution in [0.1, 0.15) is 24.1 Å². The van der Waals surface area contributed by atoms with Gasteiger partial charge in [0, 0.05) is 35.5 Å². The molecule has 1 N–H and O–H groups in total. The van der Waals surface area contributed by atoms with Gasteiger partial charge in [0.15, 0.2) is 0 Å². The van der Waals surface area contributed by atoms with Crippen LogP contribution < -0.4 is 5.32 Å². The summed E-state index contributed by atoms with van der Waals surface area (Å²) in [4.78, 5) is 11.3. The van der Waals surface area contributed by atoms with Crippen LogP contribution in [0.25, 0.3) is 0 Å². The molecular formula is C18H23BrN4. The molecule has 1 aromatic heterocycles. The van der Waals surface area contributed by atoms with Gasteiger partial charge in [-0.2, -0.15) is 0 Å². The molecule has 1 aliphatic heterocycles. The number of benzene rings is 1. The van der Waals surface area contributed by atoms with Gasteiger partial charge in [0.05, 0.1) is 0 Å². The van der Waals surface area contributed by atoms with Gasteiger partial charge in [-0.15, -0.1) is 0 Å². The van der Waals surface area contributed by atoms with Gasteiger partial charge in [-0.1, -0.05) is 28.1 Å². The normalized spacial score (nSPS) is 18.8. The molecule has 4 nitrogen and oxygen atoms in total. The summed E-state index contributed by atoms with van der Waals surface area (Å²) in [7, 11) is 0. The van der Waals surface area contributed by atoms with Crippen molar-refractivity contribution in [3.63, 3.8) is 0 Å². The van der Waals surface area contributed by atoms with Gasteiger partial charge in [-0.25, -0.2) is 9.97 Å². The fourth-order valence-corrected chi connectivity index (χ4v) is 3.28. The number of rotatable bonds is 5. The smallest absolute Gasteiger partial charge is 0.223 e. The van der Waals surface area contributed by atoms with Crippen molar-refractivity contribution in [2.24, 2.45) is 0 Å². The molecule has 1 saturated heterocycles. The van der Waals surface area contributed by atoms with E-state index in [2.05, 4.69) is 60.4 Å². The number of halogens is 1. The molecule has 0 aliphatic carbocycles. The van der Waals surface area contributed by atoms with Gasteiger partial charge in [0.2, 0.25) is 5.95 Å². The average molecular weight is 375 g/mol. The van der Waals surface area contributed by atoms with Crippen LogP contribution in [0, 0.1) is 6.92 Å². The standard InChI is InChI=1S/C18H23BrN4/c1-14-8-10-20-18(21-14)22-17-3-2-11-23(13-17)12-9-15-4-6-16(19)7-5-15/h4-8,10,17H,2-3,9,11-13H2,1H3,(H,20,21,22). The maximum atomic E-state index is 4.45. The predicted octanol–water partition coefficient (Wildman–Crippen LogP) is 3.67. The lowest BCUT2D eigenvalue weighted by Crippen LogP contribution is -2.43. The molecule has 3 rings (SSSR count). The van der Waals surface area contributed by atoms with E-state index in [0.717, 1.165) is 35.6 Å². The van der Waals surface area contributed by atoms with Gasteiger partial charge in [0.25, 0.3) is 0 Å². The molecule has 0 spiro atoms. The SMILES string of the molecule is Cc1ccnc(NC2CCCN(CCc3ccc(Br)cc3)C2)n1. The second-order valence-electron chi connectivity index (χ2n) is 6.18. The van der Waals surface area contributed by atoms with Gasteiger partial charge >= 0.3 is 0 Å². The minimum atomic E-state index is 0.440. The second kappa shape index (κ2) is 7.88. The molecule has 122 valence electrons. The van der Waals surface area contributed by atoms with E-state index in [4.69, 9.17) is 0 Å². The Morgan fingerprint density at radius 2 is 2.09 bits per heavy atom. The highest BCUT2D eigenvalue weighted by atomic mass is 79.9. The third kappa shape index (κ3) is 5.01. The number of anilines is 1. The van der Waals surface area contributed by atoms with E-state index < -0.39 is 0 Å². The van der Waals surface area contributed by atoms with Crippen molar-refractivity contribution >= 4 is 21.9 Å². The fourth-order valence-electron chi connectivity index (χ4n) is 3.02. The minimum Gasteiger partial charge on any atom is -0.350 e. The van der Waals surface area contributed by atoms with E-state index in [1.54, 1.807) is 0 Å². The van der Waals surface area contributed by atoms with E-state index >= 15 is 0 Å². The molecule has 1 atom stereocenters. The Morgan fingerprint density at radius 3 is 2.87 bits per heavy atom. The predicted molar refractivity (Wildman–Crippen MR) is 97.7 cm³/mol. The molecular weight excluding hydrogens is 352 g/mol. The van der Waals surface area contributed by atoms with Crippen molar-refractivity contribution in [1.82, 2.24) is 14.9 Å². The number of aryl methyl sites for hydroxylation is 1. The average Bonchev–Trinajstić information content (AvgIpc) is 2.55. The van der Waals surface area contributed by atoms with Crippen molar-refractivity contribution in [3.8, 4) is 0 Å². The number of hydrogen-bond acceptors (Lipinski definition) is 4. The first kappa shape index (κ1) is 16.4. The van der Waals surface area contributed by atoms with Crippen LogP contribution in [-0.2, 0) is 6.42 Å². The van der Waals surface area contributed by atoms with Gasteiger partial charge in [-0.05, 0) is 56.5 Å². The van der Waals surface area contributed by atoms with Gasteiger partial charge in [0.1, 0.15) is 0 Å². The zero-order valence-corrected chi connectivity index (χ0v) is 15.1. The molecule has 1 aliphatic rings. The van der Waals surface area contributed by atoms with Crippen LogP contribution in [0.15, 0.2) is 41.0 Å². The van der Waals surface area contributed by atoms with Crippen molar-refractivity contribution in [3.05, 3.63) is 52.3 Å². The zero-order chi connectivity index (χ0) is 16.1. The van der Waals surface area contributed by atoms with E-state index in [-0.39, 0.29) is 0 Å². The van der Waals surface area contributed by atoms with Crippen molar-refractivity contribution in [2.75, 3.05) is 25.0 Å². The van der Waals surface area contributed by atoms with Crippen LogP contribution >= 0.6 is 15.9 Å². The van der Waals surface area contributed by atoms with Crippen LogP contribution in [0.5, 0.6) is 0 Å². The monoisotopic (exact) mass is 374 g/mol. The maximum absolute atomic E-state index is 4.45. The van der Waals surface area contributed by atoms with E-state index in [1.807, 2.05) is 19.2 Å². The highest BCUT2D eigenvalue weighted by Gasteiger charge is 2.20. The van der Waals surface area contributed by atoms with Crippen molar-refractivity contribution < 1.29 is 0 Å². The second-order valence-corrected chi connectivity index (χ2v) is 7.10. The first-order valence-electron chi connectivity index (χ1n) is 8.22. The third-order valence-corrected chi connectivity index (χ3v) is 4.79. The molecule has 0 amide bonds. The highest BCUT2D eigenvalue weighted by molar-refractivity contribution is 9.10. The Morgan fingerprint density at radius 1 is 1.26 bits per heavy atom. The fraction of sp³-hybridized carbons (Fsp3) is 0.444. The van der Waals surface area contributed by atoms with E-state index in [1.165, 1.54) is 24.9 Å². The summed E-state index contributed by atoms with van der Waals surface area (Å²) >= 11 is 3.49. The number of nitrogens with zero attached hydrogens (tertiary/aromatic N) is 3. The number of nitrogens with one attached hydrogen (secondary N) is 1. The molecule has 23 heavy (non-hydrogen) atoms. The molecule has 5 heteroatoms. The first-order chi connectivity index (χ1) is 11.2. The van der Waals surface area contributed by atoms with Crippen LogP contribution in [0.4, 0.5) is 5.95 Å². The number of aromatic nitrogens is 2. The molecule has 1 fully saturated rings. The Labute approximate surface area is 146 Å². The first-order valence-corrected chi connectivity index (χ1v) is 9.01. The summed E-state index contributed by atoms with van der Waals surface area (Å²) < 4.78 is 1.14. The number of hydrogen-bond donors (Lipinski definition) is 1. The lowest BCUT2D eigenvalue weighted by atomic mass is 10.0. The van der Waals surface area contributed by atoms with Gasteiger partial charge < -0.3 is 10.2 Å². The summed E-state index contributed by atoms with van der Waals surface area (Å²) in [5, 5.41) is 3.49. The topological polar surface area (TPSA) is 41.1 Å². The molecule has 0 saturated carbocycles. The number of likely N-dealkylation sites (tertiary alicyclic amines) is 1. The van der Waals surface area contributed by atoms with E-state index in [9.17, 15) is 0 Å².